The molecule has 140 valence electrons. The molecule has 0 spiro atoms. The van der Waals surface area contributed by atoms with Crippen LogP contribution in [0.5, 0.6) is 0 Å². The van der Waals surface area contributed by atoms with Crippen LogP contribution in [0.25, 0.3) is 11.3 Å². The largest absolute Gasteiger partial charge is 0.359 e. The van der Waals surface area contributed by atoms with Crippen LogP contribution < -0.4 is 10.6 Å². The molecule has 3 aromatic rings. The van der Waals surface area contributed by atoms with Gasteiger partial charge in [0.1, 0.15) is 11.4 Å². The number of rotatable bonds is 5. The summed E-state index contributed by atoms with van der Waals surface area (Å²) in [6, 6.07) is 9.15. The lowest BCUT2D eigenvalue weighted by atomic mass is 9.92. The highest BCUT2D eigenvalue weighted by atomic mass is 35.5. The summed E-state index contributed by atoms with van der Waals surface area (Å²) in [5, 5.41) is 17.8. The van der Waals surface area contributed by atoms with Crippen LogP contribution in [0.1, 0.15) is 40.6 Å². The van der Waals surface area contributed by atoms with Gasteiger partial charge < -0.3 is 15.2 Å². The molecule has 1 aliphatic rings. The molecule has 1 atom stereocenters. The molecule has 8 heteroatoms. The Balaban J connectivity index is 1.40. The molecule has 27 heavy (non-hydrogen) atoms. The molecule has 1 aliphatic heterocycles. The van der Waals surface area contributed by atoms with Gasteiger partial charge in [0, 0.05) is 34.7 Å². The number of aromatic nitrogens is 3. The number of amides is 1. The molecule has 0 radical (unpaired) electrons. The number of nitrogens with one attached hydrogen (secondary N) is 3. The van der Waals surface area contributed by atoms with E-state index in [0.717, 1.165) is 37.1 Å². The van der Waals surface area contributed by atoms with Crippen molar-refractivity contribution < 1.29 is 9.32 Å². The molecule has 1 aromatic carbocycles. The SMILES string of the molecule is O=C(NCc1cc(-c2ccc(Cl)cc2)no1)c1[nH]ncc1C1CCCNC1. The second kappa shape index (κ2) is 7.94. The highest BCUT2D eigenvalue weighted by molar-refractivity contribution is 6.30. The van der Waals surface area contributed by atoms with Crippen LogP contribution in [0.15, 0.2) is 41.1 Å². The number of hydrogen-bond acceptors (Lipinski definition) is 5. The first-order valence-corrected chi connectivity index (χ1v) is 9.32. The van der Waals surface area contributed by atoms with Gasteiger partial charge in [0.15, 0.2) is 5.76 Å². The van der Waals surface area contributed by atoms with Crippen molar-refractivity contribution in [3.8, 4) is 11.3 Å². The van der Waals surface area contributed by atoms with Gasteiger partial charge in [-0.15, -0.1) is 0 Å². The van der Waals surface area contributed by atoms with Crippen molar-refractivity contribution >= 4 is 17.5 Å². The van der Waals surface area contributed by atoms with Crippen molar-refractivity contribution in [3.05, 3.63) is 58.6 Å². The third kappa shape index (κ3) is 4.04. The van der Waals surface area contributed by atoms with Gasteiger partial charge in [-0.05, 0) is 31.5 Å². The van der Waals surface area contributed by atoms with Crippen LogP contribution in [-0.4, -0.2) is 34.4 Å². The third-order valence-electron chi connectivity index (χ3n) is 4.75. The van der Waals surface area contributed by atoms with Crippen molar-refractivity contribution in [1.82, 2.24) is 26.0 Å². The van der Waals surface area contributed by atoms with Crippen LogP contribution >= 0.6 is 11.6 Å². The fourth-order valence-corrected chi connectivity index (χ4v) is 3.44. The van der Waals surface area contributed by atoms with Gasteiger partial charge in [0.2, 0.25) is 0 Å². The molecule has 7 nitrogen and oxygen atoms in total. The van der Waals surface area contributed by atoms with Gasteiger partial charge in [-0.3, -0.25) is 9.89 Å². The summed E-state index contributed by atoms with van der Waals surface area (Å²) in [5.41, 5.74) is 3.08. The number of halogens is 1. The van der Waals surface area contributed by atoms with E-state index in [-0.39, 0.29) is 12.5 Å². The Kier molecular flexibility index (Phi) is 5.22. The number of aromatic amines is 1. The Morgan fingerprint density at radius 2 is 2.19 bits per heavy atom. The van der Waals surface area contributed by atoms with E-state index in [4.69, 9.17) is 16.1 Å². The zero-order chi connectivity index (χ0) is 18.6. The first-order valence-electron chi connectivity index (χ1n) is 8.94. The number of carbonyl (C=O) groups excluding carboxylic acids is 1. The van der Waals surface area contributed by atoms with Crippen molar-refractivity contribution in [1.29, 1.82) is 0 Å². The Labute approximate surface area is 161 Å². The first-order chi connectivity index (χ1) is 13.2. The summed E-state index contributed by atoms with van der Waals surface area (Å²) < 4.78 is 5.33. The Hall–Kier alpha value is -2.64. The van der Waals surface area contributed by atoms with Gasteiger partial charge in [0.05, 0.1) is 12.7 Å². The van der Waals surface area contributed by atoms with Crippen molar-refractivity contribution in [2.75, 3.05) is 13.1 Å². The molecule has 1 saturated heterocycles. The Morgan fingerprint density at radius 3 is 2.96 bits per heavy atom. The topological polar surface area (TPSA) is 95.8 Å². The monoisotopic (exact) mass is 385 g/mol. The molecular formula is C19H20ClN5O2. The second-order valence-corrected chi connectivity index (χ2v) is 7.05. The highest BCUT2D eigenvalue weighted by Crippen LogP contribution is 2.25. The second-order valence-electron chi connectivity index (χ2n) is 6.61. The summed E-state index contributed by atoms with van der Waals surface area (Å²) in [5.74, 6) is 0.686. The average Bonchev–Trinajstić information content (AvgIpc) is 3.37. The van der Waals surface area contributed by atoms with E-state index < -0.39 is 0 Å². The smallest absolute Gasteiger partial charge is 0.269 e. The lowest BCUT2D eigenvalue weighted by Crippen LogP contribution is -2.30. The zero-order valence-corrected chi connectivity index (χ0v) is 15.4. The van der Waals surface area contributed by atoms with E-state index in [0.29, 0.717) is 28.1 Å². The molecule has 1 unspecified atom stereocenters. The molecule has 0 aliphatic carbocycles. The van der Waals surface area contributed by atoms with E-state index in [9.17, 15) is 4.79 Å². The lowest BCUT2D eigenvalue weighted by molar-refractivity contribution is 0.0940. The van der Waals surface area contributed by atoms with Crippen LogP contribution in [0.2, 0.25) is 5.02 Å². The number of carbonyl (C=O) groups is 1. The van der Waals surface area contributed by atoms with E-state index in [1.807, 2.05) is 18.2 Å². The fraction of sp³-hybridized carbons (Fsp3) is 0.316. The Bertz CT molecular complexity index is 912. The molecule has 3 heterocycles. The number of benzene rings is 1. The molecule has 0 bridgehead atoms. The molecule has 1 amide bonds. The normalized spacial score (nSPS) is 17.0. The summed E-state index contributed by atoms with van der Waals surface area (Å²) in [7, 11) is 0. The maximum Gasteiger partial charge on any atom is 0.269 e. The predicted molar refractivity (Wildman–Crippen MR) is 102 cm³/mol. The van der Waals surface area contributed by atoms with E-state index in [2.05, 4.69) is 26.0 Å². The lowest BCUT2D eigenvalue weighted by Gasteiger charge is -2.22. The molecule has 0 saturated carbocycles. The number of H-pyrrole nitrogens is 1. The first kappa shape index (κ1) is 17.8. The minimum absolute atomic E-state index is 0.197. The predicted octanol–water partition coefficient (Wildman–Crippen LogP) is 3.12. The van der Waals surface area contributed by atoms with Crippen LogP contribution in [0, 0.1) is 0 Å². The highest BCUT2D eigenvalue weighted by Gasteiger charge is 2.23. The van der Waals surface area contributed by atoms with E-state index >= 15 is 0 Å². The minimum Gasteiger partial charge on any atom is -0.359 e. The third-order valence-corrected chi connectivity index (χ3v) is 5.01. The van der Waals surface area contributed by atoms with Gasteiger partial charge in [0.25, 0.3) is 5.91 Å². The summed E-state index contributed by atoms with van der Waals surface area (Å²) in [6.45, 7) is 2.14. The van der Waals surface area contributed by atoms with E-state index in [1.165, 1.54) is 0 Å². The van der Waals surface area contributed by atoms with Crippen LogP contribution in [-0.2, 0) is 6.54 Å². The maximum atomic E-state index is 12.6. The minimum atomic E-state index is -0.197. The van der Waals surface area contributed by atoms with Crippen LogP contribution in [0.3, 0.4) is 0 Å². The van der Waals surface area contributed by atoms with Gasteiger partial charge in [-0.2, -0.15) is 5.10 Å². The molecular weight excluding hydrogens is 366 g/mol. The molecule has 2 aromatic heterocycles. The van der Waals surface area contributed by atoms with Crippen molar-refractivity contribution in [3.63, 3.8) is 0 Å². The van der Waals surface area contributed by atoms with Crippen molar-refractivity contribution in [2.45, 2.75) is 25.3 Å². The van der Waals surface area contributed by atoms with Crippen LogP contribution in [0.4, 0.5) is 0 Å². The summed E-state index contributed by atoms with van der Waals surface area (Å²) in [4.78, 5) is 12.6. The molecule has 3 N–H and O–H groups in total. The summed E-state index contributed by atoms with van der Waals surface area (Å²) >= 11 is 5.90. The number of nitrogens with zero attached hydrogens (tertiary/aromatic N) is 2. The van der Waals surface area contributed by atoms with Gasteiger partial charge in [-0.25, -0.2) is 0 Å². The maximum absolute atomic E-state index is 12.6. The average molecular weight is 386 g/mol. The summed E-state index contributed by atoms with van der Waals surface area (Å²) in [6.07, 6.45) is 3.90. The van der Waals surface area contributed by atoms with Gasteiger partial charge >= 0.3 is 0 Å². The zero-order valence-electron chi connectivity index (χ0n) is 14.7. The fourth-order valence-electron chi connectivity index (χ4n) is 3.31. The van der Waals surface area contributed by atoms with Crippen molar-refractivity contribution in [2.24, 2.45) is 0 Å². The molecule has 4 rings (SSSR count). The van der Waals surface area contributed by atoms with Gasteiger partial charge in [-0.1, -0.05) is 28.9 Å². The standard InChI is InChI=1S/C19H20ClN5O2/c20-14-5-3-12(4-6-14)17-8-15(27-25-17)10-22-19(26)18-16(11-23-24-18)13-2-1-7-21-9-13/h3-6,8,11,13,21H,1-2,7,9-10H2,(H,22,26)(H,23,24). The quantitative estimate of drug-likeness (QED) is 0.627. The Morgan fingerprint density at radius 1 is 1.33 bits per heavy atom. The van der Waals surface area contributed by atoms with E-state index in [1.54, 1.807) is 18.3 Å². The molecule has 1 fully saturated rings. The number of hydrogen-bond donors (Lipinski definition) is 3. The number of piperidine rings is 1.